The smallest absolute Gasteiger partial charge is 0.273 e. The number of rotatable bonds is 4. The van der Waals surface area contributed by atoms with Crippen molar-refractivity contribution in [3.05, 3.63) is 61.4 Å². The molecule has 0 saturated heterocycles. The van der Waals surface area contributed by atoms with E-state index in [4.69, 9.17) is 0 Å². The normalized spacial score (nSPS) is 16.0. The van der Waals surface area contributed by atoms with Gasteiger partial charge >= 0.3 is 0 Å². The molecule has 1 aliphatic heterocycles. The first-order valence-corrected chi connectivity index (χ1v) is 10.5. The van der Waals surface area contributed by atoms with E-state index in [1.807, 2.05) is 13.0 Å². The molecule has 30 heavy (non-hydrogen) atoms. The first-order chi connectivity index (χ1) is 14.6. The van der Waals surface area contributed by atoms with Gasteiger partial charge in [-0.25, -0.2) is 32.7 Å². The maximum Gasteiger partial charge on any atom is 0.273 e. The standard InChI is InChI=1S/C19H16N8O2S/c1-12(25-18-16-17(22-10-21-16)23-11-24-18)19-26-14-7-8-20-9-15(14)30(28,29)27(19)13-5-3-2-4-6-13/h2-12H,1H3,(H2,21,22,23,24,25). The summed E-state index contributed by atoms with van der Waals surface area (Å²) >= 11 is 0. The SMILES string of the molecule is CC(Nc1ncnc2nc[nH]c12)C1=Nc2ccncc2S(=O)(=O)N1c1ccccc1. The van der Waals surface area contributed by atoms with Gasteiger partial charge in [0.25, 0.3) is 10.0 Å². The Hall–Kier alpha value is -3.86. The largest absolute Gasteiger partial charge is 0.358 e. The van der Waals surface area contributed by atoms with Gasteiger partial charge in [-0.3, -0.25) is 4.98 Å². The molecule has 11 heteroatoms. The Balaban J connectivity index is 1.64. The summed E-state index contributed by atoms with van der Waals surface area (Å²) in [6, 6.07) is 9.89. The van der Waals surface area contributed by atoms with Crippen molar-refractivity contribution in [2.45, 2.75) is 17.9 Å². The van der Waals surface area contributed by atoms with Gasteiger partial charge in [-0.05, 0) is 25.1 Å². The van der Waals surface area contributed by atoms with Crippen LogP contribution in [0.15, 0.2) is 71.3 Å². The number of amidine groups is 1. The number of nitrogens with one attached hydrogen (secondary N) is 2. The third-order valence-corrected chi connectivity index (χ3v) is 6.43. The molecule has 5 rings (SSSR count). The highest BCUT2D eigenvalue weighted by Gasteiger charge is 2.38. The molecule has 10 nitrogen and oxygen atoms in total. The molecule has 150 valence electrons. The van der Waals surface area contributed by atoms with Crippen LogP contribution in [0, 0.1) is 0 Å². The predicted molar refractivity (Wildman–Crippen MR) is 112 cm³/mol. The zero-order chi connectivity index (χ0) is 20.7. The lowest BCUT2D eigenvalue weighted by molar-refractivity contribution is 0.595. The van der Waals surface area contributed by atoms with E-state index in [2.05, 4.69) is 35.2 Å². The summed E-state index contributed by atoms with van der Waals surface area (Å²) in [7, 11) is -3.91. The van der Waals surface area contributed by atoms with Gasteiger partial charge in [0.15, 0.2) is 11.5 Å². The van der Waals surface area contributed by atoms with Crippen molar-refractivity contribution in [1.82, 2.24) is 24.9 Å². The number of aliphatic imine (C=N–C) groups is 1. The highest BCUT2D eigenvalue weighted by atomic mass is 32.2. The number of aromatic nitrogens is 5. The number of fused-ring (bicyclic) bond motifs is 2. The average molecular weight is 420 g/mol. The van der Waals surface area contributed by atoms with Gasteiger partial charge in [0.1, 0.15) is 22.6 Å². The van der Waals surface area contributed by atoms with Crippen molar-refractivity contribution < 1.29 is 8.42 Å². The number of nitrogens with zero attached hydrogens (tertiary/aromatic N) is 6. The molecule has 0 amide bonds. The number of anilines is 2. The number of benzene rings is 1. The van der Waals surface area contributed by atoms with Crippen LogP contribution in [0.2, 0.25) is 0 Å². The fourth-order valence-electron chi connectivity index (χ4n) is 3.31. The predicted octanol–water partition coefficient (Wildman–Crippen LogP) is 2.49. The fourth-order valence-corrected chi connectivity index (χ4v) is 4.92. The summed E-state index contributed by atoms with van der Waals surface area (Å²) in [6.45, 7) is 1.82. The number of imidazole rings is 1. The summed E-state index contributed by atoms with van der Waals surface area (Å²) in [5.74, 6) is 0.810. The van der Waals surface area contributed by atoms with Crippen molar-refractivity contribution in [3.63, 3.8) is 0 Å². The van der Waals surface area contributed by atoms with Crippen LogP contribution < -0.4 is 9.62 Å². The van der Waals surface area contributed by atoms with Crippen LogP contribution in [0.4, 0.5) is 17.2 Å². The molecule has 0 aliphatic carbocycles. The zero-order valence-corrected chi connectivity index (χ0v) is 16.6. The van der Waals surface area contributed by atoms with E-state index in [9.17, 15) is 8.42 Å². The second-order valence-corrected chi connectivity index (χ2v) is 8.36. The van der Waals surface area contributed by atoms with Gasteiger partial charge in [-0.1, -0.05) is 18.2 Å². The number of pyridine rings is 1. The molecule has 1 aliphatic rings. The van der Waals surface area contributed by atoms with E-state index < -0.39 is 16.1 Å². The van der Waals surface area contributed by atoms with Gasteiger partial charge in [-0.2, -0.15) is 0 Å². The zero-order valence-electron chi connectivity index (χ0n) is 15.8. The minimum atomic E-state index is -3.91. The summed E-state index contributed by atoms with van der Waals surface area (Å²) in [5, 5.41) is 3.23. The first kappa shape index (κ1) is 18.2. The molecule has 1 unspecified atom stereocenters. The van der Waals surface area contributed by atoms with E-state index in [-0.39, 0.29) is 4.90 Å². The van der Waals surface area contributed by atoms with Gasteiger partial charge in [0.2, 0.25) is 0 Å². The van der Waals surface area contributed by atoms with Crippen LogP contribution in [-0.4, -0.2) is 45.2 Å². The van der Waals surface area contributed by atoms with Crippen molar-refractivity contribution in [1.29, 1.82) is 0 Å². The number of aromatic amines is 1. The molecule has 3 aromatic heterocycles. The lowest BCUT2D eigenvalue weighted by Gasteiger charge is -2.32. The molecule has 0 saturated carbocycles. The Morgan fingerprint density at radius 2 is 1.93 bits per heavy atom. The van der Waals surface area contributed by atoms with Crippen molar-refractivity contribution >= 4 is 44.2 Å². The Morgan fingerprint density at radius 3 is 2.77 bits per heavy atom. The van der Waals surface area contributed by atoms with Gasteiger partial charge in [0, 0.05) is 12.4 Å². The summed E-state index contributed by atoms with van der Waals surface area (Å²) < 4.78 is 28.2. The van der Waals surface area contributed by atoms with Crippen molar-refractivity contribution in [2.75, 3.05) is 9.62 Å². The maximum absolute atomic E-state index is 13.5. The van der Waals surface area contributed by atoms with Crippen LogP contribution in [0.1, 0.15) is 6.92 Å². The summed E-state index contributed by atoms with van der Waals surface area (Å²) in [5.41, 5.74) is 1.96. The minimum Gasteiger partial charge on any atom is -0.358 e. The highest BCUT2D eigenvalue weighted by molar-refractivity contribution is 7.93. The average Bonchev–Trinajstić information content (AvgIpc) is 3.24. The molecule has 0 spiro atoms. The van der Waals surface area contributed by atoms with E-state index >= 15 is 0 Å². The number of hydrogen-bond donors (Lipinski definition) is 2. The molecule has 4 aromatic rings. The molecular weight excluding hydrogens is 404 g/mol. The lowest BCUT2D eigenvalue weighted by Crippen LogP contribution is -2.47. The van der Waals surface area contributed by atoms with Crippen LogP contribution in [0.25, 0.3) is 11.2 Å². The molecule has 4 heterocycles. The number of hydrogen-bond acceptors (Lipinski definition) is 8. The number of para-hydroxylation sites is 1. The molecule has 0 fully saturated rings. The van der Waals surface area contributed by atoms with Crippen LogP contribution in [-0.2, 0) is 10.0 Å². The minimum absolute atomic E-state index is 0.0581. The topological polar surface area (TPSA) is 129 Å². The Bertz CT molecular complexity index is 1370. The van der Waals surface area contributed by atoms with Gasteiger partial charge in [0.05, 0.1) is 23.7 Å². The second-order valence-electron chi connectivity index (χ2n) is 6.61. The van der Waals surface area contributed by atoms with Crippen LogP contribution >= 0.6 is 0 Å². The van der Waals surface area contributed by atoms with Crippen molar-refractivity contribution in [3.8, 4) is 0 Å². The first-order valence-electron chi connectivity index (χ1n) is 9.09. The Kier molecular flexibility index (Phi) is 4.17. The van der Waals surface area contributed by atoms with Gasteiger partial charge in [-0.15, -0.1) is 0 Å². The highest BCUT2D eigenvalue weighted by Crippen LogP contribution is 2.35. The molecule has 0 radical (unpaired) electrons. The van der Waals surface area contributed by atoms with Crippen molar-refractivity contribution in [2.24, 2.45) is 4.99 Å². The number of H-pyrrole nitrogens is 1. The molecule has 1 aromatic carbocycles. The summed E-state index contributed by atoms with van der Waals surface area (Å²) in [6.07, 6.45) is 5.76. The summed E-state index contributed by atoms with van der Waals surface area (Å²) in [4.78, 5) is 24.2. The molecule has 1 atom stereocenters. The monoisotopic (exact) mass is 420 g/mol. The van der Waals surface area contributed by atoms with Gasteiger partial charge < -0.3 is 10.3 Å². The van der Waals surface area contributed by atoms with E-state index in [1.165, 1.54) is 29.4 Å². The van der Waals surface area contributed by atoms with E-state index in [0.717, 1.165) is 0 Å². The van der Waals surface area contributed by atoms with E-state index in [0.29, 0.717) is 34.2 Å². The number of sulfonamides is 1. The quantitative estimate of drug-likeness (QED) is 0.519. The lowest BCUT2D eigenvalue weighted by atomic mass is 10.2. The maximum atomic E-state index is 13.5. The second kappa shape index (κ2) is 6.88. The third-order valence-electron chi connectivity index (χ3n) is 4.68. The molecule has 2 N–H and O–H groups in total. The molecular formula is C19H16N8O2S. The Morgan fingerprint density at radius 1 is 1.10 bits per heavy atom. The van der Waals surface area contributed by atoms with Crippen LogP contribution in [0.3, 0.4) is 0 Å². The fraction of sp³-hybridized carbons (Fsp3) is 0.105. The van der Waals surface area contributed by atoms with E-state index in [1.54, 1.807) is 30.3 Å². The molecule has 0 bridgehead atoms. The third kappa shape index (κ3) is 2.87. The van der Waals surface area contributed by atoms with Crippen LogP contribution in [0.5, 0.6) is 0 Å². The Labute approximate surface area is 171 Å².